The van der Waals surface area contributed by atoms with Gasteiger partial charge in [-0.25, -0.2) is 4.68 Å². The van der Waals surface area contributed by atoms with Crippen molar-refractivity contribution in [3.8, 4) is 0 Å². The lowest BCUT2D eigenvalue weighted by Gasteiger charge is -2.10. The number of nitrogens with zero attached hydrogens (tertiary/aromatic N) is 3. The minimum atomic E-state index is -0.639. The molecule has 0 aliphatic carbocycles. The molecule has 0 radical (unpaired) electrons. The quantitative estimate of drug-likeness (QED) is 0.898. The van der Waals surface area contributed by atoms with Crippen LogP contribution in [0.3, 0.4) is 0 Å². The molecule has 0 aliphatic rings. The van der Waals surface area contributed by atoms with Gasteiger partial charge in [0, 0.05) is 12.1 Å². The highest BCUT2D eigenvalue weighted by molar-refractivity contribution is 6.30. The number of benzene rings is 1. The Morgan fingerprint density at radius 1 is 1.39 bits per heavy atom. The highest BCUT2D eigenvalue weighted by atomic mass is 35.5. The van der Waals surface area contributed by atoms with Crippen LogP contribution in [0.4, 0.5) is 0 Å². The molecule has 1 heterocycles. The second-order valence-corrected chi connectivity index (χ2v) is 4.37. The van der Waals surface area contributed by atoms with Crippen LogP contribution in [-0.2, 0) is 17.9 Å². The Hall–Kier alpha value is -1.43. The van der Waals surface area contributed by atoms with E-state index in [-0.39, 0.29) is 0 Å². The van der Waals surface area contributed by atoms with Gasteiger partial charge in [0.15, 0.2) is 0 Å². The lowest BCUT2D eigenvalue weighted by molar-refractivity contribution is 0.150. The molecule has 0 aliphatic heterocycles. The number of aliphatic hydroxyl groups is 1. The molecular weight excluding hydrogens is 254 g/mol. The molecule has 1 N–H and O–H groups in total. The van der Waals surface area contributed by atoms with E-state index in [9.17, 15) is 5.11 Å². The van der Waals surface area contributed by atoms with Crippen LogP contribution in [0.1, 0.15) is 17.4 Å². The molecule has 1 atom stereocenters. The number of ether oxygens (including phenoxy) is 1. The molecule has 0 fully saturated rings. The van der Waals surface area contributed by atoms with Crippen LogP contribution in [0.2, 0.25) is 5.02 Å². The molecule has 0 saturated heterocycles. The monoisotopic (exact) mass is 267 g/mol. The van der Waals surface area contributed by atoms with Crippen LogP contribution >= 0.6 is 11.6 Å². The zero-order chi connectivity index (χ0) is 13.0. The zero-order valence-corrected chi connectivity index (χ0v) is 10.7. The largest absolute Gasteiger partial charge is 0.386 e. The van der Waals surface area contributed by atoms with E-state index in [4.69, 9.17) is 16.3 Å². The van der Waals surface area contributed by atoms with E-state index in [0.29, 0.717) is 18.2 Å². The summed E-state index contributed by atoms with van der Waals surface area (Å²) in [5.74, 6) is 0. The summed E-state index contributed by atoms with van der Waals surface area (Å²) in [5, 5.41) is 18.5. The van der Waals surface area contributed by atoms with Gasteiger partial charge in [-0.05, 0) is 17.7 Å². The molecule has 0 amide bonds. The van der Waals surface area contributed by atoms with Gasteiger partial charge in [-0.15, -0.1) is 5.10 Å². The fourth-order valence-electron chi connectivity index (χ4n) is 1.61. The van der Waals surface area contributed by atoms with Gasteiger partial charge >= 0.3 is 0 Å². The summed E-state index contributed by atoms with van der Waals surface area (Å²) in [6, 6.07) is 7.08. The van der Waals surface area contributed by atoms with Gasteiger partial charge < -0.3 is 9.84 Å². The zero-order valence-electron chi connectivity index (χ0n) is 9.95. The Balaban J connectivity index is 2.01. The Kier molecular flexibility index (Phi) is 4.30. The fourth-order valence-corrected chi connectivity index (χ4v) is 1.74. The molecular formula is C12H14ClN3O2. The van der Waals surface area contributed by atoms with E-state index >= 15 is 0 Å². The van der Waals surface area contributed by atoms with Gasteiger partial charge in [-0.2, -0.15) is 0 Å². The molecule has 2 rings (SSSR count). The van der Waals surface area contributed by atoms with Crippen molar-refractivity contribution in [1.29, 1.82) is 0 Å². The molecule has 96 valence electrons. The number of halogens is 1. The number of aliphatic hydroxyl groups excluding tert-OH is 1. The van der Waals surface area contributed by atoms with Gasteiger partial charge in [0.25, 0.3) is 0 Å². The molecule has 1 aromatic heterocycles. The van der Waals surface area contributed by atoms with Crippen LogP contribution in [0.15, 0.2) is 30.5 Å². The van der Waals surface area contributed by atoms with E-state index in [1.807, 2.05) is 0 Å². The first-order valence-corrected chi connectivity index (χ1v) is 5.88. The molecule has 18 heavy (non-hydrogen) atoms. The Morgan fingerprint density at radius 2 is 2.11 bits per heavy atom. The van der Waals surface area contributed by atoms with Gasteiger partial charge in [0.1, 0.15) is 5.69 Å². The van der Waals surface area contributed by atoms with Crippen molar-refractivity contribution in [2.45, 2.75) is 19.3 Å². The molecule has 0 unspecified atom stereocenters. The van der Waals surface area contributed by atoms with E-state index in [1.54, 1.807) is 42.3 Å². The smallest absolute Gasteiger partial charge is 0.108 e. The predicted molar refractivity (Wildman–Crippen MR) is 67.1 cm³/mol. The SMILES string of the molecule is COCc1cn(C[C@@H](O)c2ccc(Cl)cc2)nn1. The van der Waals surface area contributed by atoms with Crippen LogP contribution in [-0.4, -0.2) is 27.2 Å². The summed E-state index contributed by atoms with van der Waals surface area (Å²) in [6.45, 7) is 0.759. The topological polar surface area (TPSA) is 60.2 Å². The van der Waals surface area contributed by atoms with E-state index < -0.39 is 6.10 Å². The van der Waals surface area contributed by atoms with Gasteiger partial charge in [0.2, 0.25) is 0 Å². The van der Waals surface area contributed by atoms with Crippen LogP contribution in [0.25, 0.3) is 0 Å². The van der Waals surface area contributed by atoms with E-state index in [1.165, 1.54) is 0 Å². The summed E-state index contributed by atoms with van der Waals surface area (Å²) < 4.78 is 6.54. The number of aromatic nitrogens is 3. The highest BCUT2D eigenvalue weighted by Gasteiger charge is 2.10. The Labute approximate surface area is 110 Å². The Morgan fingerprint density at radius 3 is 2.78 bits per heavy atom. The maximum atomic E-state index is 10.0. The molecule has 1 aromatic carbocycles. The standard InChI is InChI=1S/C12H14ClN3O2/c1-18-8-11-6-16(15-14-11)7-12(17)9-2-4-10(13)5-3-9/h2-6,12,17H,7-8H2,1H3/t12-/m1/s1. The lowest BCUT2D eigenvalue weighted by atomic mass is 10.1. The van der Waals surface area contributed by atoms with Crippen molar-refractivity contribution in [3.63, 3.8) is 0 Å². The number of hydrogen-bond acceptors (Lipinski definition) is 4. The first-order valence-electron chi connectivity index (χ1n) is 5.50. The third-order valence-electron chi connectivity index (χ3n) is 2.49. The van der Waals surface area contributed by atoms with Crippen molar-refractivity contribution in [2.24, 2.45) is 0 Å². The lowest BCUT2D eigenvalue weighted by Crippen LogP contribution is -2.09. The second kappa shape index (κ2) is 5.95. The molecule has 2 aromatic rings. The first-order chi connectivity index (χ1) is 8.69. The molecule has 0 saturated carbocycles. The van der Waals surface area contributed by atoms with Gasteiger partial charge in [0.05, 0.1) is 25.5 Å². The number of rotatable bonds is 5. The van der Waals surface area contributed by atoms with Crippen molar-refractivity contribution in [1.82, 2.24) is 15.0 Å². The van der Waals surface area contributed by atoms with Crippen LogP contribution < -0.4 is 0 Å². The number of methoxy groups -OCH3 is 1. The number of hydrogen-bond donors (Lipinski definition) is 1. The van der Waals surface area contributed by atoms with Gasteiger partial charge in [-0.3, -0.25) is 0 Å². The first kappa shape index (κ1) is 13.0. The van der Waals surface area contributed by atoms with Gasteiger partial charge in [-0.1, -0.05) is 28.9 Å². The highest BCUT2D eigenvalue weighted by Crippen LogP contribution is 2.17. The summed E-state index contributed by atoms with van der Waals surface area (Å²) >= 11 is 5.79. The van der Waals surface area contributed by atoms with Crippen molar-refractivity contribution >= 4 is 11.6 Å². The summed E-state index contributed by atoms with van der Waals surface area (Å²) in [7, 11) is 1.60. The maximum Gasteiger partial charge on any atom is 0.108 e. The van der Waals surface area contributed by atoms with Crippen molar-refractivity contribution < 1.29 is 9.84 Å². The van der Waals surface area contributed by atoms with Crippen molar-refractivity contribution in [2.75, 3.05) is 7.11 Å². The second-order valence-electron chi connectivity index (χ2n) is 3.93. The maximum absolute atomic E-state index is 10.0. The van der Waals surface area contributed by atoms with Crippen molar-refractivity contribution in [3.05, 3.63) is 46.7 Å². The summed E-state index contributed by atoms with van der Waals surface area (Å²) in [4.78, 5) is 0. The van der Waals surface area contributed by atoms with E-state index in [2.05, 4.69) is 10.3 Å². The summed E-state index contributed by atoms with van der Waals surface area (Å²) in [5.41, 5.74) is 1.53. The minimum Gasteiger partial charge on any atom is -0.386 e. The average molecular weight is 268 g/mol. The fraction of sp³-hybridized carbons (Fsp3) is 0.333. The van der Waals surface area contributed by atoms with Crippen LogP contribution in [0.5, 0.6) is 0 Å². The molecule has 0 spiro atoms. The third-order valence-corrected chi connectivity index (χ3v) is 2.75. The Bertz CT molecular complexity index is 498. The van der Waals surface area contributed by atoms with Crippen LogP contribution in [0, 0.1) is 0 Å². The average Bonchev–Trinajstić information content (AvgIpc) is 2.78. The minimum absolute atomic E-state index is 0.346. The molecule has 0 bridgehead atoms. The molecule has 6 heteroatoms. The molecule has 5 nitrogen and oxygen atoms in total. The normalized spacial score (nSPS) is 12.6. The predicted octanol–water partition coefficient (Wildman–Crippen LogP) is 1.81. The third kappa shape index (κ3) is 3.29. The van der Waals surface area contributed by atoms with E-state index in [0.717, 1.165) is 11.3 Å². The summed E-state index contributed by atoms with van der Waals surface area (Å²) in [6.07, 6.45) is 1.11.